The van der Waals surface area contributed by atoms with Gasteiger partial charge in [0.2, 0.25) is 0 Å². The van der Waals surface area contributed by atoms with Crippen molar-refractivity contribution in [2.45, 2.75) is 19.8 Å². The maximum atomic E-state index is 9.56. The number of para-hydroxylation sites is 1. The zero-order valence-corrected chi connectivity index (χ0v) is 19.1. The maximum absolute atomic E-state index is 9.56. The number of ether oxygens (including phenoxy) is 2. The minimum atomic E-state index is 0.355. The van der Waals surface area contributed by atoms with Gasteiger partial charge in [-0.2, -0.15) is 10.4 Å². The van der Waals surface area contributed by atoms with E-state index < -0.39 is 0 Å². The summed E-state index contributed by atoms with van der Waals surface area (Å²) in [6.45, 7) is 3.13. The van der Waals surface area contributed by atoms with Crippen LogP contribution >= 0.6 is 0 Å². The Hall–Kier alpha value is -4.19. The van der Waals surface area contributed by atoms with Gasteiger partial charge in [0, 0.05) is 25.3 Å². The molecule has 4 N–H and O–H groups in total. The number of rotatable bonds is 9. The summed E-state index contributed by atoms with van der Waals surface area (Å²) >= 11 is 0. The van der Waals surface area contributed by atoms with Crippen LogP contribution in [0.15, 0.2) is 53.5 Å². The van der Waals surface area contributed by atoms with Gasteiger partial charge in [0.05, 0.1) is 25.1 Å². The highest BCUT2D eigenvalue weighted by atomic mass is 16.5. The summed E-state index contributed by atoms with van der Waals surface area (Å²) in [4.78, 5) is 4.26. The highest BCUT2D eigenvalue weighted by Crippen LogP contribution is 2.30. The topological polar surface area (TPSA) is 123 Å². The van der Waals surface area contributed by atoms with Crippen LogP contribution in [0, 0.1) is 11.3 Å². The highest BCUT2D eigenvalue weighted by Gasteiger charge is 2.16. The number of nitriles is 1. The summed E-state index contributed by atoms with van der Waals surface area (Å²) < 4.78 is 12.6. The number of nitrogen functional groups attached to an aromatic ring is 1. The van der Waals surface area contributed by atoms with Gasteiger partial charge in [-0.1, -0.05) is 18.2 Å². The molecule has 172 valence electrons. The number of guanidine groups is 1. The molecule has 0 saturated heterocycles. The van der Waals surface area contributed by atoms with Gasteiger partial charge in [-0.25, -0.2) is 4.68 Å². The number of nitrogens with two attached hydrogens (primary N) is 1. The van der Waals surface area contributed by atoms with Crippen LogP contribution in [0.1, 0.15) is 24.6 Å². The Morgan fingerprint density at radius 2 is 2.00 bits per heavy atom. The van der Waals surface area contributed by atoms with Crippen molar-refractivity contribution in [1.82, 2.24) is 15.1 Å². The molecule has 1 heterocycles. The fourth-order valence-electron chi connectivity index (χ4n) is 3.34. The summed E-state index contributed by atoms with van der Waals surface area (Å²) in [6, 6.07) is 17.3. The molecule has 9 heteroatoms. The number of hydrogen-bond donors (Lipinski definition) is 3. The number of benzene rings is 2. The summed E-state index contributed by atoms with van der Waals surface area (Å²) in [5.74, 6) is 2.31. The Labute approximate surface area is 193 Å². The van der Waals surface area contributed by atoms with Gasteiger partial charge in [0.1, 0.15) is 17.5 Å². The van der Waals surface area contributed by atoms with Crippen molar-refractivity contribution in [1.29, 1.82) is 5.26 Å². The third-order valence-corrected chi connectivity index (χ3v) is 4.94. The van der Waals surface area contributed by atoms with E-state index in [0.717, 1.165) is 17.8 Å². The van der Waals surface area contributed by atoms with Crippen LogP contribution in [0.3, 0.4) is 0 Å². The van der Waals surface area contributed by atoms with Crippen LogP contribution < -0.4 is 25.8 Å². The quantitative estimate of drug-likeness (QED) is 0.261. The molecule has 0 amide bonds. The first-order valence-electron chi connectivity index (χ1n) is 10.7. The SMILES string of the molecule is CCOc1ccc(NC(=NC)NCCCc2nn(-c3ccccc3)c(N)c2C#N)cc1OC. The molecule has 0 aliphatic heterocycles. The molecule has 3 aromatic rings. The van der Waals surface area contributed by atoms with E-state index >= 15 is 0 Å². The third kappa shape index (κ3) is 5.74. The van der Waals surface area contributed by atoms with Gasteiger partial charge in [-0.3, -0.25) is 4.99 Å². The molecule has 0 fully saturated rings. The molecule has 1 aromatic heterocycles. The Bertz CT molecular complexity index is 1130. The predicted octanol–water partition coefficient (Wildman–Crippen LogP) is 3.35. The lowest BCUT2D eigenvalue weighted by atomic mass is 10.1. The Morgan fingerprint density at radius 1 is 1.21 bits per heavy atom. The van der Waals surface area contributed by atoms with Gasteiger partial charge in [0.15, 0.2) is 17.5 Å². The zero-order valence-electron chi connectivity index (χ0n) is 19.1. The minimum Gasteiger partial charge on any atom is -0.493 e. The van der Waals surface area contributed by atoms with E-state index in [9.17, 15) is 5.26 Å². The van der Waals surface area contributed by atoms with Crippen molar-refractivity contribution in [3.8, 4) is 23.3 Å². The monoisotopic (exact) mass is 447 g/mol. The molecular formula is C24H29N7O2. The van der Waals surface area contributed by atoms with Crippen LogP contribution in [0.2, 0.25) is 0 Å². The molecule has 9 nitrogen and oxygen atoms in total. The molecule has 0 spiro atoms. The number of aryl methyl sites for hydroxylation is 1. The average molecular weight is 448 g/mol. The smallest absolute Gasteiger partial charge is 0.195 e. The molecule has 0 aliphatic rings. The van der Waals surface area contributed by atoms with Crippen LogP contribution in [-0.2, 0) is 6.42 Å². The second kappa shape index (κ2) is 11.4. The molecule has 0 saturated carbocycles. The molecule has 0 unspecified atom stereocenters. The number of aliphatic imine (C=N–C) groups is 1. The fraction of sp³-hybridized carbons (Fsp3) is 0.292. The predicted molar refractivity (Wildman–Crippen MR) is 130 cm³/mol. The Balaban J connectivity index is 1.59. The maximum Gasteiger partial charge on any atom is 0.195 e. The lowest BCUT2D eigenvalue weighted by Crippen LogP contribution is -2.31. The second-order valence-corrected chi connectivity index (χ2v) is 7.09. The van der Waals surface area contributed by atoms with Gasteiger partial charge in [-0.15, -0.1) is 0 Å². The van der Waals surface area contributed by atoms with E-state index in [-0.39, 0.29) is 0 Å². The van der Waals surface area contributed by atoms with Crippen LogP contribution in [0.4, 0.5) is 11.5 Å². The molecule has 2 aromatic carbocycles. The third-order valence-electron chi connectivity index (χ3n) is 4.94. The molecule has 0 atom stereocenters. The first-order chi connectivity index (χ1) is 16.1. The molecule has 0 radical (unpaired) electrons. The van der Waals surface area contributed by atoms with Crippen molar-refractivity contribution in [3.63, 3.8) is 0 Å². The van der Waals surface area contributed by atoms with E-state index in [2.05, 4.69) is 26.8 Å². The van der Waals surface area contributed by atoms with Crippen molar-refractivity contribution in [2.24, 2.45) is 4.99 Å². The number of anilines is 2. The van der Waals surface area contributed by atoms with Crippen LogP contribution in [0.5, 0.6) is 11.5 Å². The summed E-state index contributed by atoms with van der Waals surface area (Å²) in [5.41, 5.74) is 8.92. The number of hydrogen-bond acceptors (Lipinski definition) is 6. The zero-order chi connectivity index (χ0) is 23.6. The average Bonchev–Trinajstić information content (AvgIpc) is 3.17. The largest absolute Gasteiger partial charge is 0.493 e. The van der Waals surface area contributed by atoms with E-state index in [4.69, 9.17) is 15.2 Å². The first kappa shape index (κ1) is 23.5. The van der Waals surface area contributed by atoms with Crippen molar-refractivity contribution >= 4 is 17.5 Å². The lowest BCUT2D eigenvalue weighted by molar-refractivity contribution is 0.311. The van der Waals surface area contributed by atoms with Crippen molar-refractivity contribution in [2.75, 3.05) is 38.4 Å². The van der Waals surface area contributed by atoms with Crippen molar-refractivity contribution in [3.05, 3.63) is 59.8 Å². The lowest BCUT2D eigenvalue weighted by Gasteiger charge is -2.14. The number of aromatic nitrogens is 2. The van der Waals surface area contributed by atoms with Gasteiger partial charge in [-0.05, 0) is 44.0 Å². The molecular weight excluding hydrogens is 418 g/mol. The number of nitrogens with one attached hydrogen (secondary N) is 2. The standard InChI is InChI=1S/C24H29N7O2/c1-4-33-21-13-12-17(15-22(21)32-3)29-24(27-2)28-14-8-11-20-19(16-25)23(26)31(30-20)18-9-6-5-7-10-18/h5-7,9-10,12-13,15H,4,8,11,14,26H2,1-3H3,(H2,27,28,29). The van der Waals surface area contributed by atoms with Crippen LogP contribution in [0.25, 0.3) is 5.69 Å². The number of methoxy groups -OCH3 is 1. The van der Waals surface area contributed by atoms with E-state index in [0.29, 0.717) is 54.1 Å². The van der Waals surface area contributed by atoms with E-state index in [1.54, 1.807) is 18.8 Å². The van der Waals surface area contributed by atoms with Gasteiger partial charge >= 0.3 is 0 Å². The van der Waals surface area contributed by atoms with Gasteiger partial charge in [0.25, 0.3) is 0 Å². The Morgan fingerprint density at radius 3 is 2.67 bits per heavy atom. The van der Waals surface area contributed by atoms with E-state index in [1.807, 2.05) is 55.5 Å². The highest BCUT2D eigenvalue weighted by molar-refractivity contribution is 5.93. The summed E-state index contributed by atoms with van der Waals surface area (Å²) in [5, 5.41) is 20.6. The van der Waals surface area contributed by atoms with Crippen molar-refractivity contribution < 1.29 is 9.47 Å². The molecule has 0 bridgehead atoms. The van der Waals surface area contributed by atoms with Gasteiger partial charge < -0.3 is 25.8 Å². The first-order valence-corrected chi connectivity index (χ1v) is 10.7. The summed E-state index contributed by atoms with van der Waals surface area (Å²) in [6.07, 6.45) is 1.35. The number of nitrogens with zero attached hydrogens (tertiary/aromatic N) is 4. The molecule has 33 heavy (non-hydrogen) atoms. The summed E-state index contributed by atoms with van der Waals surface area (Å²) in [7, 11) is 3.31. The normalized spacial score (nSPS) is 11.0. The van der Waals surface area contributed by atoms with Crippen LogP contribution in [-0.4, -0.2) is 43.0 Å². The molecule has 3 rings (SSSR count). The minimum absolute atomic E-state index is 0.355. The van der Waals surface area contributed by atoms with E-state index in [1.165, 1.54) is 0 Å². The fourth-order valence-corrected chi connectivity index (χ4v) is 3.34. The second-order valence-electron chi connectivity index (χ2n) is 7.09. The molecule has 0 aliphatic carbocycles. The Kier molecular flexibility index (Phi) is 8.13.